The van der Waals surface area contributed by atoms with Crippen molar-refractivity contribution >= 4 is 11.6 Å². The Balaban J connectivity index is 1.81. The van der Waals surface area contributed by atoms with Crippen molar-refractivity contribution in [1.82, 2.24) is 9.78 Å². The van der Waals surface area contributed by atoms with Crippen LogP contribution in [0.25, 0.3) is 0 Å². The molecule has 2 aliphatic carbocycles. The second kappa shape index (κ2) is 4.58. The number of carbonyl (C=O) groups is 2. The third-order valence-electron chi connectivity index (χ3n) is 4.87. The first kappa shape index (κ1) is 12.6. The monoisotopic (exact) mass is 260 g/mol. The van der Waals surface area contributed by atoms with E-state index in [9.17, 15) is 9.59 Å². The fourth-order valence-electron chi connectivity index (χ4n) is 3.75. The minimum Gasteiger partial charge on any atom is -0.299 e. The fourth-order valence-corrected chi connectivity index (χ4v) is 3.75. The van der Waals surface area contributed by atoms with E-state index in [2.05, 4.69) is 5.10 Å². The van der Waals surface area contributed by atoms with Gasteiger partial charge in [-0.3, -0.25) is 14.3 Å². The zero-order valence-electron chi connectivity index (χ0n) is 11.4. The summed E-state index contributed by atoms with van der Waals surface area (Å²) in [7, 11) is 1.79. The van der Waals surface area contributed by atoms with Crippen molar-refractivity contribution in [2.45, 2.75) is 44.9 Å². The van der Waals surface area contributed by atoms with Gasteiger partial charge in [-0.25, -0.2) is 0 Å². The number of aryl methyl sites for hydroxylation is 1. The Kier molecular flexibility index (Phi) is 3.03. The van der Waals surface area contributed by atoms with Gasteiger partial charge in [0.2, 0.25) is 0 Å². The third-order valence-corrected chi connectivity index (χ3v) is 4.87. The number of hydrogen-bond acceptors (Lipinski definition) is 3. The van der Waals surface area contributed by atoms with Crippen LogP contribution in [0, 0.1) is 11.3 Å². The Morgan fingerprint density at radius 2 is 2.11 bits per heavy atom. The number of ketones is 2. The van der Waals surface area contributed by atoms with Crippen molar-refractivity contribution in [3.05, 3.63) is 18.0 Å². The largest absolute Gasteiger partial charge is 0.299 e. The molecule has 0 amide bonds. The van der Waals surface area contributed by atoms with Gasteiger partial charge in [-0.2, -0.15) is 5.10 Å². The average molecular weight is 260 g/mol. The van der Waals surface area contributed by atoms with Gasteiger partial charge in [0.1, 0.15) is 11.5 Å². The highest BCUT2D eigenvalue weighted by molar-refractivity contribution is 6.10. The van der Waals surface area contributed by atoms with Gasteiger partial charge in [0, 0.05) is 19.7 Å². The van der Waals surface area contributed by atoms with E-state index in [4.69, 9.17) is 0 Å². The van der Waals surface area contributed by atoms with Gasteiger partial charge >= 0.3 is 0 Å². The summed E-state index contributed by atoms with van der Waals surface area (Å²) in [4.78, 5) is 24.6. The fraction of sp³-hybridized carbons (Fsp3) is 0.667. The van der Waals surface area contributed by atoms with E-state index >= 15 is 0 Å². The Morgan fingerprint density at radius 1 is 1.37 bits per heavy atom. The van der Waals surface area contributed by atoms with Crippen molar-refractivity contribution in [1.29, 1.82) is 0 Å². The van der Waals surface area contributed by atoms with Gasteiger partial charge in [0.25, 0.3) is 0 Å². The minimum absolute atomic E-state index is 0.0726. The SMILES string of the molecule is Cn1ccc(C(=O)C2CC3(CCCC3)CCC2=O)n1. The molecule has 1 atom stereocenters. The molecule has 4 heteroatoms. The lowest BCUT2D eigenvalue weighted by atomic mass is 9.67. The van der Waals surface area contributed by atoms with Crippen LogP contribution in [0.5, 0.6) is 0 Å². The van der Waals surface area contributed by atoms with Crippen molar-refractivity contribution in [2.24, 2.45) is 18.4 Å². The molecule has 0 saturated heterocycles. The van der Waals surface area contributed by atoms with E-state index in [1.54, 1.807) is 24.0 Å². The lowest BCUT2D eigenvalue weighted by molar-refractivity contribution is -0.125. The highest BCUT2D eigenvalue weighted by Gasteiger charge is 2.44. The van der Waals surface area contributed by atoms with Gasteiger partial charge in [0.15, 0.2) is 5.78 Å². The Morgan fingerprint density at radius 3 is 2.74 bits per heavy atom. The second-order valence-corrected chi connectivity index (χ2v) is 6.17. The van der Waals surface area contributed by atoms with E-state index in [-0.39, 0.29) is 17.0 Å². The van der Waals surface area contributed by atoms with Crippen LogP contribution in [-0.2, 0) is 11.8 Å². The summed E-state index contributed by atoms with van der Waals surface area (Å²) < 4.78 is 1.62. The molecule has 2 saturated carbocycles. The Labute approximate surface area is 113 Å². The first-order valence-electron chi connectivity index (χ1n) is 7.16. The minimum atomic E-state index is -0.443. The maximum Gasteiger partial charge on any atom is 0.193 e. The standard InChI is InChI=1S/C15H20N2O2/c1-17-9-5-12(16-17)14(19)11-10-15(6-2-3-7-15)8-4-13(11)18/h5,9,11H,2-4,6-8,10H2,1H3. The van der Waals surface area contributed by atoms with Crippen LogP contribution in [0.3, 0.4) is 0 Å². The average Bonchev–Trinajstić information content (AvgIpc) is 3.02. The molecule has 0 radical (unpaired) electrons. The number of nitrogens with zero attached hydrogens (tertiary/aromatic N) is 2. The summed E-state index contributed by atoms with van der Waals surface area (Å²) in [5.74, 6) is -0.397. The maximum absolute atomic E-state index is 12.5. The Bertz CT molecular complexity index is 512. The molecule has 4 nitrogen and oxygen atoms in total. The first-order chi connectivity index (χ1) is 9.10. The summed E-state index contributed by atoms with van der Waals surface area (Å²) in [5, 5.41) is 4.15. The zero-order valence-corrected chi connectivity index (χ0v) is 11.4. The normalized spacial score (nSPS) is 25.9. The lowest BCUT2D eigenvalue weighted by Crippen LogP contribution is -2.36. The molecule has 0 bridgehead atoms. The summed E-state index contributed by atoms with van der Waals surface area (Å²) in [6.45, 7) is 0. The van der Waals surface area contributed by atoms with Crippen LogP contribution in [0.2, 0.25) is 0 Å². The van der Waals surface area contributed by atoms with Crippen molar-refractivity contribution in [3.63, 3.8) is 0 Å². The molecule has 2 aliphatic rings. The molecule has 1 unspecified atom stereocenters. The van der Waals surface area contributed by atoms with Gasteiger partial charge in [-0.1, -0.05) is 12.8 Å². The molecule has 1 aromatic heterocycles. The summed E-state index contributed by atoms with van der Waals surface area (Å²) in [6.07, 6.45) is 8.93. The maximum atomic E-state index is 12.5. The molecular weight excluding hydrogens is 240 g/mol. The molecule has 0 N–H and O–H groups in total. The van der Waals surface area contributed by atoms with Crippen LogP contribution in [-0.4, -0.2) is 21.3 Å². The highest BCUT2D eigenvalue weighted by Crippen LogP contribution is 2.50. The zero-order chi connectivity index (χ0) is 13.5. The molecular formula is C15H20N2O2. The van der Waals surface area contributed by atoms with Gasteiger partial charge < -0.3 is 0 Å². The van der Waals surface area contributed by atoms with Crippen LogP contribution >= 0.6 is 0 Å². The number of Topliss-reactive ketones (excluding diaryl/α,β-unsaturated/α-hetero) is 2. The molecule has 3 rings (SSSR count). The molecule has 1 aromatic rings. The molecule has 102 valence electrons. The molecule has 19 heavy (non-hydrogen) atoms. The van der Waals surface area contributed by atoms with E-state index in [1.807, 2.05) is 0 Å². The number of hydrogen-bond donors (Lipinski definition) is 0. The quantitative estimate of drug-likeness (QED) is 0.606. The van der Waals surface area contributed by atoms with Gasteiger partial charge in [0.05, 0.1) is 5.92 Å². The number of carbonyl (C=O) groups excluding carboxylic acids is 2. The van der Waals surface area contributed by atoms with Crippen molar-refractivity contribution in [2.75, 3.05) is 0 Å². The molecule has 0 aromatic carbocycles. The van der Waals surface area contributed by atoms with E-state index in [1.165, 1.54) is 25.7 Å². The summed E-state index contributed by atoms with van der Waals surface area (Å²) in [6, 6.07) is 1.71. The van der Waals surface area contributed by atoms with Gasteiger partial charge in [-0.15, -0.1) is 0 Å². The van der Waals surface area contributed by atoms with Crippen LogP contribution in [0.15, 0.2) is 12.3 Å². The van der Waals surface area contributed by atoms with E-state index in [0.29, 0.717) is 12.1 Å². The highest BCUT2D eigenvalue weighted by atomic mass is 16.2. The molecule has 1 spiro atoms. The summed E-state index contributed by atoms with van der Waals surface area (Å²) >= 11 is 0. The number of aromatic nitrogens is 2. The molecule has 0 aliphatic heterocycles. The predicted octanol–water partition coefficient (Wildman–Crippen LogP) is 2.53. The lowest BCUT2D eigenvalue weighted by Gasteiger charge is -2.36. The topological polar surface area (TPSA) is 52.0 Å². The van der Waals surface area contributed by atoms with Crippen LogP contribution in [0.1, 0.15) is 55.4 Å². The first-order valence-corrected chi connectivity index (χ1v) is 7.16. The number of rotatable bonds is 2. The molecule has 1 heterocycles. The Hall–Kier alpha value is -1.45. The third kappa shape index (κ3) is 2.24. The van der Waals surface area contributed by atoms with Crippen LogP contribution < -0.4 is 0 Å². The predicted molar refractivity (Wildman–Crippen MR) is 70.8 cm³/mol. The second-order valence-electron chi connectivity index (χ2n) is 6.17. The molecule has 2 fully saturated rings. The van der Waals surface area contributed by atoms with E-state index < -0.39 is 5.92 Å². The van der Waals surface area contributed by atoms with Gasteiger partial charge in [-0.05, 0) is 37.2 Å². The van der Waals surface area contributed by atoms with Crippen LogP contribution in [0.4, 0.5) is 0 Å². The summed E-state index contributed by atoms with van der Waals surface area (Å²) in [5.41, 5.74) is 0.708. The van der Waals surface area contributed by atoms with Crippen molar-refractivity contribution in [3.8, 4) is 0 Å². The van der Waals surface area contributed by atoms with Crippen molar-refractivity contribution < 1.29 is 9.59 Å². The van der Waals surface area contributed by atoms with E-state index in [0.717, 1.165) is 12.8 Å². The smallest absolute Gasteiger partial charge is 0.193 e.